The van der Waals surface area contributed by atoms with E-state index in [-0.39, 0.29) is 5.91 Å². The molecule has 17 heavy (non-hydrogen) atoms. The quantitative estimate of drug-likeness (QED) is 0.883. The first-order valence-electron chi connectivity index (χ1n) is 5.65. The molecule has 2 rings (SSSR count). The van der Waals surface area contributed by atoms with Crippen LogP contribution in [0.4, 0.5) is 0 Å². The van der Waals surface area contributed by atoms with Crippen molar-refractivity contribution in [1.29, 1.82) is 0 Å². The molecule has 2 heterocycles. The summed E-state index contributed by atoms with van der Waals surface area (Å²) in [6.07, 6.45) is 0.763. The first-order valence-corrected chi connectivity index (χ1v) is 7.63. The van der Waals surface area contributed by atoms with Gasteiger partial charge in [-0.15, -0.1) is 11.3 Å². The lowest BCUT2D eigenvalue weighted by atomic mass is 10.0. The molecule has 0 aliphatic carbocycles. The molecule has 1 saturated heterocycles. The van der Waals surface area contributed by atoms with Crippen molar-refractivity contribution in [2.75, 3.05) is 18.1 Å². The standard InChI is InChI=1S/C12H17NO2S2/c1-8-5-10(9(2)17-8)11(14)13-6-12(15)3-4-16-7-12/h5,15H,3-4,6-7H2,1-2H3,(H,13,14). The summed E-state index contributed by atoms with van der Waals surface area (Å²) < 4.78 is 0. The van der Waals surface area contributed by atoms with E-state index in [1.54, 1.807) is 23.1 Å². The number of aliphatic hydroxyl groups is 1. The van der Waals surface area contributed by atoms with Crippen LogP contribution in [0.25, 0.3) is 0 Å². The minimum Gasteiger partial charge on any atom is -0.387 e. The summed E-state index contributed by atoms with van der Waals surface area (Å²) in [6, 6.07) is 1.91. The van der Waals surface area contributed by atoms with Crippen LogP contribution in [0.1, 0.15) is 26.5 Å². The Kier molecular flexibility index (Phi) is 3.80. The van der Waals surface area contributed by atoms with Gasteiger partial charge in [0.15, 0.2) is 0 Å². The van der Waals surface area contributed by atoms with E-state index >= 15 is 0 Å². The molecule has 0 radical (unpaired) electrons. The van der Waals surface area contributed by atoms with Crippen molar-refractivity contribution >= 4 is 29.0 Å². The fraction of sp³-hybridized carbons (Fsp3) is 0.583. The molecule has 1 atom stereocenters. The second-order valence-electron chi connectivity index (χ2n) is 4.54. The molecule has 1 aliphatic rings. The lowest BCUT2D eigenvalue weighted by Gasteiger charge is -2.21. The zero-order valence-corrected chi connectivity index (χ0v) is 11.7. The van der Waals surface area contributed by atoms with Gasteiger partial charge in [-0.05, 0) is 32.1 Å². The van der Waals surface area contributed by atoms with E-state index in [2.05, 4.69) is 5.32 Å². The number of amides is 1. The Bertz CT molecular complexity index is 422. The van der Waals surface area contributed by atoms with Gasteiger partial charge >= 0.3 is 0 Å². The predicted molar refractivity (Wildman–Crippen MR) is 73.0 cm³/mol. The van der Waals surface area contributed by atoms with Gasteiger partial charge in [0.25, 0.3) is 5.91 Å². The van der Waals surface area contributed by atoms with Gasteiger partial charge in [0, 0.05) is 22.1 Å². The lowest BCUT2D eigenvalue weighted by molar-refractivity contribution is 0.0612. The van der Waals surface area contributed by atoms with E-state index < -0.39 is 5.60 Å². The first-order chi connectivity index (χ1) is 8.00. The zero-order chi connectivity index (χ0) is 12.5. The molecule has 3 nitrogen and oxygen atoms in total. The van der Waals surface area contributed by atoms with Crippen LogP contribution in [0.5, 0.6) is 0 Å². The highest BCUT2D eigenvalue weighted by atomic mass is 32.2. The van der Waals surface area contributed by atoms with E-state index in [1.807, 2.05) is 19.9 Å². The fourth-order valence-corrected chi connectivity index (χ4v) is 4.15. The highest BCUT2D eigenvalue weighted by Gasteiger charge is 2.32. The summed E-state index contributed by atoms with van der Waals surface area (Å²) in [6.45, 7) is 4.30. The Balaban J connectivity index is 1.95. The van der Waals surface area contributed by atoms with Gasteiger partial charge in [0.2, 0.25) is 0 Å². The fourth-order valence-electron chi connectivity index (χ4n) is 1.93. The van der Waals surface area contributed by atoms with Crippen molar-refractivity contribution in [3.63, 3.8) is 0 Å². The molecule has 1 aromatic rings. The zero-order valence-electron chi connectivity index (χ0n) is 10.1. The molecule has 1 aromatic heterocycles. The van der Waals surface area contributed by atoms with Crippen LogP contribution >= 0.6 is 23.1 Å². The molecule has 2 N–H and O–H groups in total. The van der Waals surface area contributed by atoms with Gasteiger partial charge < -0.3 is 10.4 Å². The van der Waals surface area contributed by atoms with Gasteiger partial charge in [-0.2, -0.15) is 11.8 Å². The summed E-state index contributed by atoms with van der Waals surface area (Å²) in [5, 5.41) is 13.0. The van der Waals surface area contributed by atoms with Crippen LogP contribution in [0.15, 0.2) is 6.07 Å². The molecule has 5 heteroatoms. The third-order valence-electron chi connectivity index (χ3n) is 2.95. The van der Waals surface area contributed by atoms with E-state index in [0.29, 0.717) is 6.54 Å². The summed E-state index contributed by atoms with van der Waals surface area (Å²) in [5.41, 5.74) is 0.0287. The SMILES string of the molecule is Cc1cc(C(=O)NCC2(O)CCSC2)c(C)s1. The largest absolute Gasteiger partial charge is 0.387 e. The highest BCUT2D eigenvalue weighted by molar-refractivity contribution is 7.99. The van der Waals surface area contributed by atoms with Gasteiger partial charge in [-0.25, -0.2) is 0 Å². The Labute approximate surface area is 110 Å². The minimum absolute atomic E-state index is 0.0721. The predicted octanol–water partition coefficient (Wildman–Crippen LogP) is 1.96. The van der Waals surface area contributed by atoms with Gasteiger partial charge in [-0.3, -0.25) is 4.79 Å². The van der Waals surface area contributed by atoms with Crippen LogP contribution in [0.3, 0.4) is 0 Å². The van der Waals surface area contributed by atoms with Crippen LogP contribution in [0, 0.1) is 13.8 Å². The van der Waals surface area contributed by atoms with Crippen molar-refractivity contribution in [2.45, 2.75) is 25.9 Å². The molecule has 1 aliphatic heterocycles. The van der Waals surface area contributed by atoms with Gasteiger partial charge in [0.05, 0.1) is 11.2 Å². The molecule has 0 bridgehead atoms. The maximum Gasteiger partial charge on any atom is 0.252 e. The van der Waals surface area contributed by atoms with Gasteiger partial charge in [-0.1, -0.05) is 0 Å². The molecule has 94 valence electrons. The van der Waals surface area contributed by atoms with Crippen LogP contribution in [-0.2, 0) is 0 Å². The summed E-state index contributed by atoms with van der Waals surface area (Å²) in [4.78, 5) is 14.1. The van der Waals surface area contributed by atoms with E-state index in [1.165, 1.54) is 0 Å². The molecule has 0 saturated carbocycles. The lowest BCUT2D eigenvalue weighted by Crippen LogP contribution is -2.43. The third-order valence-corrected chi connectivity index (χ3v) is 5.15. The van der Waals surface area contributed by atoms with Crippen molar-refractivity contribution in [2.24, 2.45) is 0 Å². The maximum atomic E-state index is 12.0. The van der Waals surface area contributed by atoms with Crippen molar-refractivity contribution in [3.8, 4) is 0 Å². The summed E-state index contributed by atoms with van der Waals surface area (Å²) in [7, 11) is 0. The second-order valence-corrected chi connectivity index (χ2v) is 7.10. The maximum absolute atomic E-state index is 12.0. The Morgan fingerprint density at radius 3 is 2.88 bits per heavy atom. The summed E-state index contributed by atoms with van der Waals surface area (Å²) >= 11 is 3.36. The second kappa shape index (κ2) is 5.00. The van der Waals surface area contributed by atoms with Crippen LogP contribution in [-0.4, -0.2) is 34.7 Å². The number of hydrogen-bond acceptors (Lipinski definition) is 4. The molecular formula is C12H17NO2S2. The number of carbonyl (C=O) groups excluding carboxylic acids is 1. The number of rotatable bonds is 3. The average Bonchev–Trinajstić information content (AvgIpc) is 2.83. The topological polar surface area (TPSA) is 49.3 Å². The Hall–Kier alpha value is -0.520. The molecular weight excluding hydrogens is 254 g/mol. The number of aryl methyl sites for hydroxylation is 2. The molecule has 0 spiro atoms. The first kappa shape index (κ1) is 12.9. The van der Waals surface area contributed by atoms with Crippen LogP contribution < -0.4 is 5.32 Å². The number of hydrogen-bond donors (Lipinski definition) is 2. The smallest absolute Gasteiger partial charge is 0.252 e. The number of nitrogens with one attached hydrogen (secondary N) is 1. The number of thioether (sulfide) groups is 1. The summed E-state index contributed by atoms with van der Waals surface area (Å²) in [5.74, 6) is 1.62. The number of carbonyl (C=O) groups is 1. The van der Waals surface area contributed by atoms with Crippen LogP contribution in [0.2, 0.25) is 0 Å². The average molecular weight is 271 g/mol. The molecule has 0 aromatic carbocycles. The van der Waals surface area contributed by atoms with E-state index in [0.717, 1.165) is 33.2 Å². The highest BCUT2D eigenvalue weighted by Crippen LogP contribution is 2.27. The molecule has 1 amide bonds. The monoisotopic (exact) mass is 271 g/mol. The Morgan fingerprint density at radius 1 is 1.59 bits per heavy atom. The van der Waals surface area contributed by atoms with E-state index in [9.17, 15) is 9.90 Å². The molecule has 1 unspecified atom stereocenters. The van der Waals surface area contributed by atoms with Crippen molar-refractivity contribution in [1.82, 2.24) is 5.32 Å². The van der Waals surface area contributed by atoms with Crippen molar-refractivity contribution < 1.29 is 9.90 Å². The van der Waals surface area contributed by atoms with Crippen molar-refractivity contribution in [3.05, 3.63) is 21.4 Å². The van der Waals surface area contributed by atoms with Gasteiger partial charge in [0.1, 0.15) is 0 Å². The normalized spacial score (nSPS) is 23.9. The Morgan fingerprint density at radius 2 is 2.35 bits per heavy atom. The third kappa shape index (κ3) is 3.03. The molecule has 1 fully saturated rings. The number of thiophene rings is 1. The van der Waals surface area contributed by atoms with E-state index in [4.69, 9.17) is 0 Å². The minimum atomic E-state index is -0.709.